The molecule has 136 valence electrons. The summed E-state index contributed by atoms with van der Waals surface area (Å²) in [7, 11) is 1.62. The van der Waals surface area contributed by atoms with Crippen molar-refractivity contribution in [3.63, 3.8) is 0 Å². The molecule has 0 aromatic heterocycles. The van der Waals surface area contributed by atoms with Crippen LogP contribution in [0.4, 0.5) is 4.79 Å². The zero-order valence-corrected chi connectivity index (χ0v) is 14.8. The van der Waals surface area contributed by atoms with Crippen LogP contribution in [0.5, 0.6) is 5.75 Å². The fourth-order valence-corrected chi connectivity index (χ4v) is 2.99. The summed E-state index contributed by atoms with van der Waals surface area (Å²) in [5, 5.41) is 5.70. The molecule has 2 N–H and O–H groups in total. The highest BCUT2D eigenvalue weighted by molar-refractivity contribution is 5.81. The third kappa shape index (κ3) is 4.75. The number of urea groups is 1. The van der Waals surface area contributed by atoms with Gasteiger partial charge in [0, 0.05) is 26.1 Å². The van der Waals surface area contributed by atoms with Crippen molar-refractivity contribution in [3.05, 3.63) is 65.7 Å². The quantitative estimate of drug-likeness (QED) is 0.837. The van der Waals surface area contributed by atoms with Crippen LogP contribution in [0, 0.1) is 0 Å². The Bertz CT molecular complexity index is 747. The molecule has 6 nitrogen and oxygen atoms in total. The first-order chi connectivity index (χ1) is 12.6. The van der Waals surface area contributed by atoms with Gasteiger partial charge in [0.1, 0.15) is 5.75 Å². The molecule has 6 heteroatoms. The van der Waals surface area contributed by atoms with Crippen molar-refractivity contribution in [2.75, 3.05) is 13.7 Å². The number of hydrogen-bond donors (Lipinski definition) is 2. The average molecular weight is 353 g/mol. The molecule has 3 rings (SSSR count). The van der Waals surface area contributed by atoms with Crippen molar-refractivity contribution in [1.29, 1.82) is 0 Å². The topological polar surface area (TPSA) is 70.7 Å². The molecule has 1 aliphatic heterocycles. The molecule has 0 spiro atoms. The van der Waals surface area contributed by atoms with Gasteiger partial charge in [-0.3, -0.25) is 4.79 Å². The Hall–Kier alpha value is -3.02. The van der Waals surface area contributed by atoms with Crippen molar-refractivity contribution < 1.29 is 14.3 Å². The maximum absolute atomic E-state index is 12.2. The van der Waals surface area contributed by atoms with E-state index in [4.69, 9.17) is 4.74 Å². The second-order valence-corrected chi connectivity index (χ2v) is 6.34. The zero-order valence-electron chi connectivity index (χ0n) is 14.8. The van der Waals surface area contributed by atoms with Crippen LogP contribution in [0.2, 0.25) is 0 Å². The number of amides is 3. The molecule has 1 saturated heterocycles. The number of hydrogen-bond acceptors (Lipinski definition) is 3. The van der Waals surface area contributed by atoms with E-state index in [1.807, 2.05) is 54.6 Å². The molecule has 1 unspecified atom stereocenters. The first-order valence-corrected chi connectivity index (χ1v) is 8.63. The molecular weight excluding hydrogens is 330 g/mol. The predicted molar refractivity (Wildman–Crippen MR) is 98.6 cm³/mol. The Kier molecular flexibility index (Phi) is 5.73. The maximum Gasteiger partial charge on any atom is 0.315 e. The van der Waals surface area contributed by atoms with Crippen LogP contribution in [0.3, 0.4) is 0 Å². The Morgan fingerprint density at radius 3 is 2.54 bits per heavy atom. The van der Waals surface area contributed by atoms with E-state index in [0.717, 1.165) is 16.9 Å². The van der Waals surface area contributed by atoms with Crippen LogP contribution in [0.15, 0.2) is 54.6 Å². The van der Waals surface area contributed by atoms with Gasteiger partial charge in [-0.1, -0.05) is 42.5 Å². The van der Waals surface area contributed by atoms with E-state index in [0.29, 0.717) is 26.1 Å². The molecule has 1 heterocycles. The second-order valence-electron chi connectivity index (χ2n) is 6.34. The first kappa shape index (κ1) is 17.8. The smallest absolute Gasteiger partial charge is 0.315 e. The molecule has 2 aromatic carbocycles. The van der Waals surface area contributed by atoms with E-state index >= 15 is 0 Å². The Balaban J connectivity index is 1.45. The van der Waals surface area contributed by atoms with Crippen molar-refractivity contribution in [2.45, 2.75) is 25.6 Å². The minimum Gasteiger partial charge on any atom is -0.497 e. The van der Waals surface area contributed by atoms with Crippen molar-refractivity contribution >= 4 is 11.9 Å². The number of carbonyl (C=O) groups is 2. The van der Waals surface area contributed by atoms with Gasteiger partial charge in [-0.05, 0) is 23.3 Å². The highest BCUT2D eigenvalue weighted by Gasteiger charge is 2.30. The summed E-state index contributed by atoms with van der Waals surface area (Å²) >= 11 is 0. The number of rotatable bonds is 6. The maximum atomic E-state index is 12.2. The fraction of sp³-hybridized carbons (Fsp3) is 0.300. The summed E-state index contributed by atoms with van der Waals surface area (Å²) in [6.45, 7) is 1.53. The number of carbonyl (C=O) groups excluding carboxylic acids is 2. The highest BCUT2D eigenvalue weighted by atomic mass is 16.5. The Morgan fingerprint density at radius 2 is 1.85 bits per heavy atom. The SMILES string of the molecule is COc1ccc(CNC(=O)NC2CC(=O)N(Cc3ccccc3)C2)cc1. The van der Waals surface area contributed by atoms with Gasteiger partial charge >= 0.3 is 6.03 Å². The molecule has 0 saturated carbocycles. The van der Waals surface area contributed by atoms with Gasteiger partial charge in [-0.2, -0.15) is 0 Å². The summed E-state index contributed by atoms with van der Waals surface area (Å²) in [5.41, 5.74) is 2.07. The molecule has 1 atom stereocenters. The fourth-order valence-electron chi connectivity index (χ4n) is 2.99. The lowest BCUT2D eigenvalue weighted by Gasteiger charge is -2.17. The number of nitrogens with one attached hydrogen (secondary N) is 2. The zero-order chi connectivity index (χ0) is 18.4. The minimum atomic E-state index is -0.264. The molecule has 0 radical (unpaired) electrons. The van der Waals surface area contributed by atoms with E-state index in [9.17, 15) is 9.59 Å². The van der Waals surface area contributed by atoms with Crippen molar-refractivity contribution in [1.82, 2.24) is 15.5 Å². The van der Waals surface area contributed by atoms with Gasteiger partial charge in [-0.25, -0.2) is 4.79 Å². The lowest BCUT2D eigenvalue weighted by atomic mass is 10.2. The molecule has 2 aromatic rings. The summed E-state index contributed by atoms with van der Waals surface area (Å²) in [6, 6.07) is 16.9. The third-order valence-electron chi connectivity index (χ3n) is 4.38. The summed E-state index contributed by atoms with van der Waals surface area (Å²) in [4.78, 5) is 26.0. The summed E-state index contributed by atoms with van der Waals surface area (Å²) < 4.78 is 5.11. The lowest BCUT2D eigenvalue weighted by molar-refractivity contribution is -0.128. The average Bonchev–Trinajstić information content (AvgIpc) is 3.00. The molecule has 1 fully saturated rings. The molecular formula is C20H23N3O3. The van der Waals surface area contributed by atoms with E-state index in [1.165, 1.54) is 0 Å². The number of benzene rings is 2. The van der Waals surface area contributed by atoms with Gasteiger partial charge in [0.25, 0.3) is 0 Å². The first-order valence-electron chi connectivity index (χ1n) is 8.63. The monoisotopic (exact) mass is 353 g/mol. The lowest BCUT2D eigenvalue weighted by Crippen LogP contribution is -2.43. The summed E-state index contributed by atoms with van der Waals surface area (Å²) in [5.74, 6) is 0.843. The molecule has 0 aliphatic carbocycles. The van der Waals surface area contributed by atoms with E-state index < -0.39 is 0 Å². The number of methoxy groups -OCH3 is 1. The van der Waals surface area contributed by atoms with Gasteiger partial charge < -0.3 is 20.3 Å². The number of likely N-dealkylation sites (tertiary alicyclic amines) is 1. The Labute approximate surface area is 153 Å². The van der Waals surface area contributed by atoms with Gasteiger partial charge in [0.05, 0.1) is 13.2 Å². The second kappa shape index (κ2) is 8.38. The van der Waals surface area contributed by atoms with E-state index in [-0.39, 0.29) is 18.0 Å². The van der Waals surface area contributed by atoms with Crippen LogP contribution in [0.25, 0.3) is 0 Å². The van der Waals surface area contributed by atoms with Gasteiger partial charge in [-0.15, -0.1) is 0 Å². The van der Waals surface area contributed by atoms with Crippen LogP contribution >= 0.6 is 0 Å². The predicted octanol–water partition coefficient (Wildman–Crippen LogP) is 2.30. The van der Waals surface area contributed by atoms with Crippen LogP contribution in [0.1, 0.15) is 17.5 Å². The van der Waals surface area contributed by atoms with Crippen molar-refractivity contribution in [2.24, 2.45) is 0 Å². The van der Waals surface area contributed by atoms with Crippen molar-refractivity contribution in [3.8, 4) is 5.75 Å². The molecule has 26 heavy (non-hydrogen) atoms. The van der Waals surface area contributed by atoms with E-state index in [1.54, 1.807) is 12.0 Å². The Morgan fingerprint density at radius 1 is 1.12 bits per heavy atom. The summed E-state index contributed by atoms with van der Waals surface area (Å²) in [6.07, 6.45) is 0.336. The third-order valence-corrected chi connectivity index (χ3v) is 4.38. The number of ether oxygens (including phenoxy) is 1. The molecule has 3 amide bonds. The van der Waals surface area contributed by atoms with E-state index in [2.05, 4.69) is 10.6 Å². The molecule has 0 bridgehead atoms. The van der Waals surface area contributed by atoms with Crippen LogP contribution in [-0.2, 0) is 17.9 Å². The van der Waals surface area contributed by atoms with Crippen LogP contribution < -0.4 is 15.4 Å². The van der Waals surface area contributed by atoms with Gasteiger partial charge in [0.15, 0.2) is 0 Å². The highest BCUT2D eigenvalue weighted by Crippen LogP contribution is 2.15. The minimum absolute atomic E-state index is 0.0642. The number of nitrogens with zero attached hydrogens (tertiary/aromatic N) is 1. The largest absolute Gasteiger partial charge is 0.497 e. The molecule has 1 aliphatic rings. The van der Waals surface area contributed by atoms with Crippen LogP contribution in [-0.4, -0.2) is 36.5 Å². The van der Waals surface area contributed by atoms with Gasteiger partial charge in [0.2, 0.25) is 5.91 Å². The normalized spacial score (nSPS) is 16.4. The standard InChI is InChI=1S/C20H23N3O3/c1-26-18-9-7-15(8-10-18)12-21-20(25)22-17-11-19(24)23(14-17)13-16-5-3-2-4-6-16/h2-10,17H,11-14H2,1H3,(H2,21,22,25).